The molecule has 0 radical (unpaired) electrons. The minimum absolute atomic E-state index is 0.0532. The number of aliphatic hydroxyl groups excluding tert-OH is 4. The van der Waals surface area contributed by atoms with Crippen molar-refractivity contribution in [3.05, 3.63) is 0 Å². The monoisotopic (exact) mass is 466 g/mol. The van der Waals surface area contributed by atoms with Gasteiger partial charge in [-0.15, -0.1) is 0 Å². The third-order valence-electron chi connectivity index (χ3n) is 6.47. The zero-order chi connectivity index (χ0) is 23.7. The SMILES string of the molecule is NC[C@H]1O[C@H](O[C@@H]2[C@@H](O)[C@H](O[C@H]3O[C@H](CN)[C@@H](O)C[C@H]3N)[C@@H](N)C[C@H]2N)[C@H](O)[C@@H](N)[C@@H]1O. The highest BCUT2D eigenvalue weighted by molar-refractivity contribution is 5.01. The smallest absolute Gasteiger partial charge is 0.186 e. The molecular formula is C18H38N6O8. The highest BCUT2D eigenvalue weighted by Gasteiger charge is 2.50. The highest BCUT2D eigenvalue weighted by atomic mass is 16.7. The Balaban J connectivity index is 1.70. The number of nitrogens with two attached hydrogens (primary N) is 6. The second-order valence-electron chi connectivity index (χ2n) is 8.84. The van der Waals surface area contributed by atoms with Gasteiger partial charge >= 0.3 is 0 Å². The van der Waals surface area contributed by atoms with Gasteiger partial charge in [-0.05, 0) is 12.8 Å². The Labute approximate surface area is 186 Å². The van der Waals surface area contributed by atoms with E-state index in [1.807, 2.05) is 0 Å². The molecule has 14 atom stereocenters. The van der Waals surface area contributed by atoms with E-state index in [4.69, 9.17) is 53.3 Å². The van der Waals surface area contributed by atoms with Crippen molar-refractivity contribution in [2.75, 3.05) is 13.1 Å². The van der Waals surface area contributed by atoms with Gasteiger partial charge in [-0.25, -0.2) is 0 Å². The van der Waals surface area contributed by atoms with Gasteiger partial charge in [0.25, 0.3) is 0 Å². The maximum Gasteiger partial charge on any atom is 0.186 e. The molecule has 3 rings (SSSR count). The molecule has 0 unspecified atom stereocenters. The van der Waals surface area contributed by atoms with Crippen LogP contribution in [0.5, 0.6) is 0 Å². The lowest BCUT2D eigenvalue weighted by atomic mass is 9.84. The maximum atomic E-state index is 11.0. The van der Waals surface area contributed by atoms with E-state index >= 15 is 0 Å². The quantitative estimate of drug-likeness (QED) is 0.174. The third-order valence-corrected chi connectivity index (χ3v) is 6.47. The summed E-state index contributed by atoms with van der Waals surface area (Å²) < 4.78 is 22.9. The first-order valence-electron chi connectivity index (χ1n) is 10.9. The molecule has 0 bridgehead atoms. The Morgan fingerprint density at radius 1 is 0.656 bits per heavy atom. The summed E-state index contributed by atoms with van der Waals surface area (Å²) in [6.45, 7) is 0.0113. The van der Waals surface area contributed by atoms with Crippen molar-refractivity contribution >= 4 is 0 Å². The molecule has 0 aromatic rings. The Bertz CT molecular complexity index is 608. The van der Waals surface area contributed by atoms with E-state index in [1.165, 1.54) is 0 Å². The molecule has 14 heteroatoms. The van der Waals surface area contributed by atoms with E-state index in [2.05, 4.69) is 0 Å². The van der Waals surface area contributed by atoms with Gasteiger partial charge in [-0.1, -0.05) is 0 Å². The van der Waals surface area contributed by atoms with Gasteiger partial charge in [-0.2, -0.15) is 0 Å². The first-order chi connectivity index (χ1) is 15.1. The van der Waals surface area contributed by atoms with Crippen molar-refractivity contribution in [3.8, 4) is 0 Å². The Kier molecular flexibility index (Phi) is 8.79. The summed E-state index contributed by atoms with van der Waals surface area (Å²) in [6.07, 6.45) is -10.1. The number of hydrogen-bond acceptors (Lipinski definition) is 14. The van der Waals surface area contributed by atoms with Crippen LogP contribution in [0, 0.1) is 0 Å². The summed E-state index contributed by atoms with van der Waals surface area (Å²) >= 11 is 0. The Morgan fingerprint density at radius 3 is 1.75 bits per heavy atom. The number of ether oxygens (including phenoxy) is 4. The summed E-state index contributed by atoms with van der Waals surface area (Å²) in [6, 6.07) is -3.12. The van der Waals surface area contributed by atoms with Crippen LogP contribution in [0.25, 0.3) is 0 Å². The van der Waals surface area contributed by atoms with Crippen molar-refractivity contribution in [3.63, 3.8) is 0 Å². The highest BCUT2D eigenvalue weighted by Crippen LogP contribution is 2.30. The summed E-state index contributed by atoms with van der Waals surface area (Å²) in [5.74, 6) is 0. The van der Waals surface area contributed by atoms with Crippen LogP contribution >= 0.6 is 0 Å². The van der Waals surface area contributed by atoms with Crippen molar-refractivity contribution in [1.29, 1.82) is 0 Å². The largest absolute Gasteiger partial charge is 0.390 e. The van der Waals surface area contributed by atoms with Crippen molar-refractivity contribution in [1.82, 2.24) is 0 Å². The molecule has 2 aliphatic heterocycles. The van der Waals surface area contributed by atoms with Gasteiger partial charge in [-0.3, -0.25) is 0 Å². The molecule has 1 aliphatic carbocycles. The van der Waals surface area contributed by atoms with Gasteiger partial charge in [0, 0.05) is 25.2 Å². The summed E-state index contributed by atoms with van der Waals surface area (Å²) in [4.78, 5) is 0. The first-order valence-corrected chi connectivity index (χ1v) is 10.9. The molecule has 14 nitrogen and oxygen atoms in total. The van der Waals surface area contributed by atoms with Crippen molar-refractivity contribution in [2.24, 2.45) is 34.4 Å². The number of rotatable bonds is 6. The lowest BCUT2D eigenvalue weighted by molar-refractivity contribution is -0.311. The molecule has 1 saturated carbocycles. The number of hydrogen-bond donors (Lipinski definition) is 10. The fourth-order valence-corrected chi connectivity index (χ4v) is 4.47. The first kappa shape index (κ1) is 26.1. The Hall–Kier alpha value is -0.560. The minimum atomic E-state index is -1.39. The average molecular weight is 467 g/mol. The maximum absolute atomic E-state index is 11.0. The molecule has 188 valence electrons. The zero-order valence-corrected chi connectivity index (χ0v) is 17.8. The van der Waals surface area contributed by atoms with Crippen molar-refractivity contribution < 1.29 is 39.4 Å². The van der Waals surface area contributed by atoms with Gasteiger partial charge in [0.15, 0.2) is 12.6 Å². The predicted octanol–water partition coefficient (Wildman–Crippen LogP) is -6.33. The van der Waals surface area contributed by atoms with Crippen LogP contribution in [0.1, 0.15) is 12.8 Å². The molecule has 3 aliphatic rings. The van der Waals surface area contributed by atoms with E-state index in [1.54, 1.807) is 0 Å². The van der Waals surface area contributed by atoms with Gasteiger partial charge in [0.05, 0.1) is 30.4 Å². The molecule has 32 heavy (non-hydrogen) atoms. The fraction of sp³-hybridized carbons (Fsp3) is 1.00. The van der Waals surface area contributed by atoms with Crippen LogP contribution in [-0.4, -0.2) is 119 Å². The van der Waals surface area contributed by atoms with Crippen LogP contribution in [0.4, 0.5) is 0 Å². The average Bonchev–Trinajstić information content (AvgIpc) is 2.75. The summed E-state index contributed by atoms with van der Waals surface area (Å²) in [5.41, 5.74) is 35.5. The molecule has 0 amide bonds. The molecule has 2 heterocycles. The van der Waals surface area contributed by atoms with Crippen molar-refractivity contribution in [2.45, 2.75) is 98.4 Å². The van der Waals surface area contributed by atoms with E-state index in [9.17, 15) is 20.4 Å². The predicted molar refractivity (Wildman–Crippen MR) is 110 cm³/mol. The van der Waals surface area contributed by atoms with Crippen LogP contribution in [0.3, 0.4) is 0 Å². The van der Waals surface area contributed by atoms with Gasteiger partial charge < -0.3 is 73.8 Å². The summed E-state index contributed by atoms with van der Waals surface area (Å²) in [5, 5.41) is 41.5. The lowest BCUT2D eigenvalue weighted by Gasteiger charge is -2.47. The standard InChI is InChI=1S/C18H38N6O8/c19-3-9-8(25)2-7(23)17(29-9)31-15-5(21)1-6(22)16(14(15)28)32-18-13(27)11(24)12(26)10(4-20)30-18/h5-18,25-28H,1-4,19-24H2/t5-,6+,7+,8-,9+,10+,11-,12+,13+,14-,15+,16-,17+,18+/m0/s1. The van der Waals surface area contributed by atoms with Gasteiger partial charge in [0.2, 0.25) is 0 Å². The fourth-order valence-electron chi connectivity index (χ4n) is 4.47. The van der Waals surface area contributed by atoms with E-state index in [0.29, 0.717) is 0 Å². The van der Waals surface area contributed by atoms with Gasteiger partial charge in [0.1, 0.15) is 30.5 Å². The molecule has 2 saturated heterocycles. The number of aliphatic hydroxyl groups is 4. The topological polar surface area (TPSA) is 274 Å². The van der Waals surface area contributed by atoms with E-state index < -0.39 is 85.6 Å². The molecule has 3 fully saturated rings. The van der Waals surface area contributed by atoms with Crippen LogP contribution in [0.2, 0.25) is 0 Å². The molecular weight excluding hydrogens is 428 g/mol. The molecule has 0 spiro atoms. The summed E-state index contributed by atoms with van der Waals surface area (Å²) in [7, 11) is 0. The second-order valence-corrected chi connectivity index (χ2v) is 8.84. The van der Waals surface area contributed by atoms with E-state index in [0.717, 1.165) is 0 Å². The molecule has 16 N–H and O–H groups in total. The third kappa shape index (κ3) is 5.24. The van der Waals surface area contributed by atoms with Crippen LogP contribution in [0.15, 0.2) is 0 Å². The lowest BCUT2D eigenvalue weighted by Crippen LogP contribution is -2.68. The molecule has 0 aromatic carbocycles. The molecule has 0 aromatic heterocycles. The van der Waals surface area contributed by atoms with Crippen LogP contribution in [-0.2, 0) is 18.9 Å². The second kappa shape index (κ2) is 10.8. The zero-order valence-electron chi connectivity index (χ0n) is 17.8. The van der Waals surface area contributed by atoms with Crippen LogP contribution < -0.4 is 34.4 Å². The normalized spacial score (nSPS) is 52.7. The van der Waals surface area contributed by atoms with E-state index in [-0.39, 0.29) is 25.9 Å². The minimum Gasteiger partial charge on any atom is -0.390 e. The Morgan fingerprint density at radius 2 is 1.19 bits per heavy atom.